The zero-order chi connectivity index (χ0) is 14.7. The Hall–Kier alpha value is -1.81. The molecular weight excluding hydrogens is 316 g/mol. The van der Waals surface area contributed by atoms with Crippen LogP contribution in [0, 0.1) is 13.8 Å². The average molecular weight is 333 g/mol. The first-order valence-electron chi connectivity index (χ1n) is 6.36. The smallest absolute Gasteiger partial charge is 0.248 e. The van der Waals surface area contributed by atoms with Gasteiger partial charge in [-0.3, -0.25) is 4.79 Å². The fourth-order valence-electron chi connectivity index (χ4n) is 2.21. The lowest BCUT2D eigenvalue weighted by molar-refractivity contribution is 0.1000. The molecule has 0 aliphatic rings. The van der Waals surface area contributed by atoms with Crippen LogP contribution in [0.1, 0.15) is 27.0 Å². The largest absolute Gasteiger partial charge is 0.381 e. The number of halogens is 1. The van der Waals surface area contributed by atoms with Crippen molar-refractivity contribution in [2.75, 3.05) is 5.32 Å². The van der Waals surface area contributed by atoms with Crippen LogP contribution in [0.4, 0.5) is 5.69 Å². The van der Waals surface area contributed by atoms with Gasteiger partial charge < -0.3 is 11.1 Å². The van der Waals surface area contributed by atoms with Crippen LogP contribution >= 0.6 is 15.9 Å². The molecule has 0 bridgehead atoms. The number of primary amides is 1. The van der Waals surface area contributed by atoms with Gasteiger partial charge in [0.05, 0.1) is 0 Å². The molecule has 1 amide bonds. The van der Waals surface area contributed by atoms with Gasteiger partial charge in [-0.2, -0.15) is 0 Å². The summed E-state index contributed by atoms with van der Waals surface area (Å²) < 4.78 is 1.08. The molecule has 2 rings (SSSR count). The van der Waals surface area contributed by atoms with Crippen molar-refractivity contribution < 1.29 is 4.79 Å². The Morgan fingerprint density at radius 2 is 1.85 bits per heavy atom. The van der Waals surface area contributed by atoms with E-state index in [1.807, 2.05) is 18.2 Å². The predicted octanol–water partition coefficient (Wildman–Crippen LogP) is 3.78. The van der Waals surface area contributed by atoms with E-state index >= 15 is 0 Å². The minimum Gasteiger partial charge on any atom is -0.381 e. The van der Waals surface area contributed by atoms with Crippen LogP contribution in [0.2, 0.25) is 0 Å². The van der Waals surface area contributed by atoms with Crippen molar-refractivity contribution in [2.45, 2.75) is 20.4 Å². The van der Waals surface area contributed by atoms with E-state index in [2.05, 4.69) is 47.2 Å². The standard InChI is InChI=1S/C16H17BrN2O/c1-10-6-14(17)7-11(2)15(10)19-9-12-4-3-5-13(8-12)16(18)20/h3-8,19H,9H2,1-2H3,(H2,18,20). The molecule has 0 aromatic heterocycles. The van der Waals surface area contributed by atoms with Crippen LogP contribution in [0.5, 0.6) is 0 Å². The van der Waals surface area contributed by atoms with Crippen molar-refractivity contribution in [1.29, 1.82) is 0 Å². The summed E-state index contributed by atoms with van der Waals surface area (Å²) in [5.41, 5.74) is 10.3. The lowest BCUT2D eigenvalue weighted by Gasteiger charge is -2.13. The Morgan fingerprint density at radius 3 is 2.45 bits per heavy atom. The van der Waals surface area contributed by atoms with Gasteiger partial charge in [-0.25, -0.2) is 0 Å². The Morgan fingerprint density at radius 1 is 1.20 bits per heavy atom. The third-order valence-electron chi connectivity index (χ3n) is 3.18. The summed E-state index contributed by atoms with van der Waals surface area (Å²) in [4.78, 5) is 11.2. The molecule has 0 aliphatic carbocycles. The van der Waals surface area contributed by atoms with Gasteiger partial charge in [0, 0.05) is 22.3 Å². The summed E-state index contributed by atoms with van der Waals surface area (Å²) in [5.74, 6) is -0.400. The van der Waals surface area contributed by atoms with Crippen molar-refractivity contribution >= 4 is 27.5 Å². The van der Waals surface area contributed by atoms with Gasteiger partial charge in [0.25, 0.3) is 0 Å². The molecule has 0 atom stereocenters. The monoisotopic (exact) mass is 332 g/mol. The molecule has 3 nitrogen and oxygen atoms in total. The number of hydrogen-bond donors (Lipinski definition) is 2. The van der Waals surface area contributed by atoms with E-state index in [4.69, 9.17) is 5.73 Å². The van der Waals surface area contributed by atoms with E-state index < -0.39 is 5.91 Å². The number of carbonyl (C=O) groups is 1. The highest BCUT2D eigenvalue weighted by Gasteiger charge is 2.05. The molecule has 0 heterocycles. The zero-order valence-electron chi connectivity index (χ0n) is 11.5. The van der Waals surface area contributed by atoms with Crippen LogP contribution in [0.3, 0.4) is 0 Å². The molecule has 104 valence electrons. The normalized spacial score (nSPS) is 10.3. The molecule has 0 aliphatic heterocycles. The van der Waals surface area contributed by atoms with Gasteiger partial charge in [-0.05, 0) is 54.8 Å². The molecule has 0 unspecified atom stereocenters. The second-order valence-electron chi connectivity index (χ2n) is 4.83. The van der Waals surface area contributed by atoms with E-state index in [1.54, 1.807) is 6.07 Å². The molecule has 2 aromatic rings. The highest BCUT2D eigenvalue weighted by Crippen LogP contribution is 2.25. The van der Waals surface area contributed by atoms with Crippen LogP contribution in [-0.4, -0.2) is 5.91 Å². The molecule has 4 heteroatoms. The maximum absolute atomic E-state index is 11.2. The minimum absolute atomic E-state index is 0.400. The highest BCUT2D eigenvalue weighted by molar-refractivity contribution is 9.10. The van der Waals surface area contributed by atoms with Crippen molar-refractivity contribution in [3.05, 3.63) is 63.1 Å². The SMILES string of the molecule is Cc1cc(Br)cc(C)c1NCc1cccc(C(N)=O)c1. The lowest BCUT2D eigenvalue weighted by Crippen LogP contribution is -2.11. The molecule has 0 fully saturated rings. The number of anilines is 1. The molecule has 3 N–H and O–H groups in total. The predicted molar refractivity (Wildman–Crippen MR) is 85.9 cm³/mol. The summed E-state index contributed by atoms with van der Waals surface area (Å²) in [6.07, 6.45) is 0. The van der Waals surface area contributed by atoms with Gasteiger partial charge in [0.2, 0.25) is 5.91 Å². The van der Waals surface area contributed by atoms with Crippen molar-refractivity contribution in [2.24, 2.45) is 5.73 Å². The number of nitrogens with two attached hydrogens (primary N) is 1. The number of aryl methyl sites for hydroxylation is 2. The fourth-order valence-corrected chi connectivity index (χ4v) is 2.90. The maximum Gasteiger partial charge on any atom is 0.248 e. The average Bonchev–Trinajstić information content (AvgIpc) is 2.37. The van der Waals surface area contributed by atoms with Gasteiger partial charge in [-0.15, -0.1) is 0 Å². The summed E-state index contributed by atoms with van der Waals surface area (Å²) in [6, 6.07) is 11.5. The number of benzene rings is 2. The quantitative estimate of drug-likeness (QED) is 0.895. The first-order valence-corrected chi connectivity index (χ1v) is 7.16. The lowest BCUT2D eigenvalue weighted by atomic mass is 10.1. The van der Waals surface area contributed by atoms with Crippen LogP contribution in [0.15, 0.2) is 40.9 Å². The number of carbonyl (C=O) groups excluding carboxylic acids is 1. The summed E-state index contributed by atoms with van der Waals surface area (Å²) in [5, 5.41) is 3.42. The second-order valence-corrected chi connectivity index (χ2v) is 5.75. The van der Waals surface area contributed by atoms with E-state index in [1.165, 1.54) is 11.1 Å². The molecule has 0 spiro atoms. The number of hydrogen-bond acceptors (Lipinski definition) is 2. The highest BCUT2D eigenvalue weighted by atomic mass is 79.9. The van der Waals surface area contributed by atoms with Crippen LogP contribution in [0.25, 0.3) is 0 Å². The first-order chi connectivity index (χ1) is 9.47. The second kappa shape index (κ2) is 6.09. The van der Waals surface area contributed by atoms with Crippen molar-refractivity contribution in [1.82, 2.24) is 0 Å². The summed E-state index contributed by atoms with van der Waals surface area (Å²) in [7, 11) is 0. The van der Waals surface area contributed by atoms with E-state index in [-0.39, 0.29) is 0 Å². The van der Waals surface area contributed by atoms with Crippen molar-refractivity contribution in [3.63, 3.8) is 0 Å². The van der Waals surface area contributed by atoms with Crippen LogP contribution < -0.4 is 11.1 Å². The number of nitrogens with one attached hydrogen (secondary N) is 1. The van der Waals surface area contributed by atoms with Gasteiger partial charge in [-0.1, -0.05) is 28.1 Å². The fraction of sp³-hybridized carbons (Fsp3) is 0.188. The van der Waals surface area contributed by atoms with Gasteiger partial charge in [0.15, 0.2) is 0 Å². The topological polar surface area (TPSA) is 55.1 Å². The molecule has 0 saturated carbocycles. The third-order valence-corrected chi connectivity index (χ3v) is 3.64. The minimum atomic E-state index is -0.400. The number of rotatable bonds is 4. The molecule has 20 heavy (non-hydrogen) atoms. The first kappa shape index (κ1) is 14.6. The Balaban J connectivity index is 2.17. The zero-order valence-corrected chi connectivity index (χ0v) is 13.1. The summed E-state index contributed by atoms with van der Waals surface area (Å²) >= 11 is 3.49. The van der Waals surface area contributed by atoms with E-state index in [0.717, 1.165) is 15.7 Å². The van der Waals surface area contributed by atoms with Gasteiger partial charge in [0.1, 0.15) is 0 Å². The van der Waals surface area contributed by atoms with Gasteiger partial charge >= 0.3 is 0 Å². The molecule has 2 aromatic carbocycles. The number of amides is 1. The van der Waals surface area contributed by atoms with Crippen LogP contribution in [-0.2, 0) is 6.54 Å². The third kappa shape index (κ3) is 3.39. The molecule has 0 radical (unpaired) electrons. The molecule has 0 saturated heterocycles. The molecular formula is C16H17BrN2O. The Labute approximate surface area is 127 Å². The van der Waals surface area contributed by atoms with E-state index in [9.17, 15) is 4.79 Å². The van der Waals surface area contributed by atoms with E-state index in [0.29, 0.717) is 12.1 Å². The Kier molecular flexibility index (Phi) is 4.45. The maximum atomic E-state index is 11.2. The van der Waals surface area contributed by atoms with Crippen molar-refractivity contribution in [3.8, 4) is 0 Å². The summed E-state index contributed by atoms with van der Waals surface area (Å²) in [6.45, 7) is 4.80. The Bertz CT molecular complexity index is 630.